The number of anilines is 3. The van der Waals surface area contributed by atoms with Crippen LogP contribution in [0.5, 0.6) is 17.4 Å². The van der Waals surface area contributed by atoms with Crippen LogP contribution in [0, 0.1) is 0 Å². The normalized spacial score (nSPS) is 10.5. The fraction of sp³-hybridized carbons (Fsp3) is 0.185. The molecule has 0 radical (unpaired) electrons. The molecule has 0 saturated heterocycles. The van der Waals surface area contributed by atoms with Gasteiger partial charge in [0.25, 0.3) is 0 Å². The minimum absolute atomic E-state index is 0.338. The van der Waals surface area contributed by atoms with E-state index in [2.05, 4.69) is 20.6 Å². The van der Waals surface area contributed by atoms with Crippen LogP contribution >= 0.6 is 11.6 Å². The number of carbonyl (C=O) groups is 1. The van der Waals surface area contributed by atoms with Crippen molar-refractivity contribution in [2.75, 3.05) is 30.9 Å². The standard InChI is InChI=1S/C27H27ClN6O4/c1-34(21-5-9-22(37-2)10-6-21)24-13-19(15-30-26-31-16-20(28)17-32-26)14-25(33-24)38-23-7-3-18(4-8-23)11-12-29-27(35)36/h3-10,13-14,16-17,29H,11-12,15H2,1-2H3,(H,35,36)(H,30,31,32). The Morgan fingerprint density at radius 1 is 1.00 bits per heavy atom. The number of nitrogens with one attached hydrogen (secondary N) is 2. The lowest BCUT2D eigenvalue weighted by molar-refractivity contribution is 0.194. The van der Waals surface area contributed by atoms with Gasteiger partial charge in [-0.1, -0.05) is 23.7 Å². The molecule has 2 heterocycles. The Morgan fingerprint density at radius 2 is 1.68 bits per heavy atom. The predicted molar refractivity (Wildman–Crippen MR) is 146 cm³/mol. The first-order valence-electron chi connectivity index (χ1n) is 11.7. The second kappa shape index (κ2) is 12.6. The molecule has 0 aliphatic carbocycles. The molecule has 0 fully saturated rings. The van der Waals surface area contributed by atoms with Crippen LogP contribution in [0.1, 0.15) is 11.1 Å². The van der Waals surface area contributed by atoms with Crippen LogP contribution in [0.25, 0.3) is 0 Å². The van der Waals surface area contributed by atoms with Crippen LogP contribution < -0.4 is 25.0 Å². The number of rotatable bonds is 11. The molecule has 11 heteroatoms. The summed E-state index contributed by atoms with van der Waals surface area (Å²) in [6.07, 6.45) is 2.60. The van der Waals surface area contributed by atoms with E-state index in [0.29, 0.717) is 47.9 Å². The number of nitrogens with zero attached hydrogens (tertiary/aromatic N) is 4. The van der Waals surface area contributed by atoms with Crippen molar-refractivity contribution in [2.45, 2.75) is 13.0 Å². The molecule has 0 atom stereocenters. The number of halogens is 1. The Bertz CT molecular complexity index is 1350. The van der Waals surface area contributed by atoms with Gasteiger partial charge in [0.05, 0.1) is 24.5 Å². The van der Waals surface area contributed by atoms with E-state index < -0.39 is 6.09 Å². The molecule has 2 aromatic heterocycles. The molecule has 1 amide bonds. The molecule has 0 spiro atoms. The average molecular weight is 535 g/mol. The molecule has 4 rings (SSSR count). The van der Waals surface area contributed by atoms with Gasteiger partial charge in [0, 0.05) is 31.9 Å². The minimum Gasteiger partial charge on any atom is -0.497 e. The summed E-state index contributed by atoms with van der Waals surface area (Å²) in [5.41, 5.74) is 2.81. The van der Waals surface area contributed by atoms with E-state index >= 15 is 0 Å². The zero-order valence-electron chi connectivity index (χ0n) is 20.9. The number of hydrogen-bond acceptors (Lipinski definition) is 8. The van der Waals surface area contributed by atoms with Gasteiger partial charge < -0.3 is 30.1 Å². The van der Waals surface area contributed by atoms with Crippen molar-refractivity contribution in [3.05, 3.63) is 89.2 Å². The van der Waals surface area contributed by atoms with Crippen LogP contribution in [0.3, 0.4) is 0 Å². The van der Waals surface area contributed by atoms with Gasteiger partial charge in [0.1, 0.15) is 17.3 Å². The van der Waals surface area contributed by atoms with Crippen molar-refractivity contribution < 1.29 is 19.4 Å². The molecule has 0 bridgehead atoms. The number of amides is 1. The van der Waals surface area contributed by atoms with Crippen molar-refractivity contribution in [3.8, 4) is 17.4 Å². The van der Waals surface area contributed by atoms with Gasteiger partial charge in [-0.25, -0.2) is 14.8 Å². The summed E-state index contributed by atoms with van der Waals surface area (Å²) in [4.78, 5) is 25.7. The fourth-order valence-corrected chi connectivity index (χ4v) is 3.65. The smallest absolute Gasteiger partial charge is 0.404 e. The molecule has 4 aromatic rings. The molecule has 0 unspecified atom stereocenters. The van der Waals surface area contributed by atoms with E-state index in [-0.39, 0.29) is 0 Å². The molecule has 0 aliphatic heterocycles. The van der Waals surface area contributed by atoms with Gasteiger partial charge in [0.15, 0.2) is 0 Å². The topological polar surface area (TPSA) is 122 Å². The molecule has 196 valence electrons. The highest BCUT2D eigenvalue weighted by Crippen LogP contribution is 2.29. The van der Waals surface area contributed by atoms with Gasteiger partial charge in [-0.2, -0.15) is 4.98 Å². The Morgan fingerprint density at radius 3 is 2.34 bits per heavy atom. The Labute approximate surface area is 225 Å². The number of benzene rings is 2. The van der Waals surface area contributed by atoms with E-state index in [1.54, 1.807) is 7.11 Å². The summed E-state index contributed by atoms with van der Waals surface area (Å²) in [6.45, 7) is 0.768. The van der Waals surface area contributed by atoms with Crippen LogP contribution in [0.15, 0.2) is 73.1 Å². The maximum absolute atomic E-state index is 10.6. The zero-order chi connectivity index (χ0) is 26.9. The van der Waals surface area contributed by atoms with Crippen molar-refractivity contribution in [1.29, 1.82) is 0 Å². The number of ether oxygens (including phenoxy) is 2. The first-order chi connectivity index (χ1) is 18.4. The van der Waals surface area contributed by atoms with Gasteiger partial charge in [-0.3, -0.25) is 0 Å². The number of pyridine rings is 1. The maximum atomic E-state index is 10.6. The summed E-state index contributed by atoms with van der Waals surface area (Å²) in [5, 5.41) is 14.7. The third kappa shape index (κ3) is 7.47. The molecule has 2 aromatic carbocycles. The molecule has 3 N–H and O–H groups in total. The Hall–Kier alpha value is -4.57. The Balaban J connectivity index is 1.55. The van der Waals surface area contributed by atoms with Crippen molar-refractivity contribution in [2.24, 2.45) is 0 Å². The first-order valence-corrected chi connectivity index (χ1v) is 12.1. The quantitative estimate of drug-likeness (QED) is 0.228. The SMILES string of the molecule is COc1ccc(N(C)c2cc(CNc3ncc(Cl)cn3)cc(Oc3ccc(CCNC(=O)O)cc3)n2)cc1. The van der Waals surface area contributed by atoms with E-state index in [1.165, 1.54) is 12.4 Å². The largest absolute Gasteiger partial charge is 0.497 e. The van der Waals surface area contributed by atoms with Crippen LogP contribution in [-0.4, -0.2) is 46.9 Å². The lowest BCUT2D eigenvalue weighted by Gasteiger charge is -2.20. The van der Waals surface area contributed by atoms with Crippen molar-refractivity contribution in [3.63, 3.8) is 0 Å². The van der Waals surface area contributed by atoms with Crippen molar-refractivity contribution in [1.82, 2.24) is 20.3 Å². The van der Waals surface area contributed by atoms with Gasteiger partial charge in [-0.15, -0.1) is 0 Å². The number of hydrogen-bond donors (Lipinski definition) is 3. The number of carboxylic acid groups (broad SMARTS) is 1. The van der Waals surface area contributed by atoms with E-state index in [1.807, 2.05) is 72.6 Å². The molecule has 0 aliphatic rings. The van der Waals surface area contributed by atoms with Gasteiger partial charge >= 0.3 is 6.09 Å². The zero-order valence-corrected chi connectivity index (χ0v) is 21.6. The minimum atomic E-state index is -1.04. The first kappa shape index (κ1) is 26.5. The predicted octanol–water partition coefficient (Wildman–Crippen LogP) is 5.52. The molecular formula is C27H27ClN6O4. The molecular weight excluding hydrogens is 508 g/mol. The van der Waals surface area contributed by atoms with Gasteiger partial charge in [0.2, 0.25) is 11.8 Å². The lowest BCUT2D eigenvalue weighted by atomic mass is 10.1. The fourth-order valence-electron chi connectivity index (χ4n) is 3.55. The summed E-state index contributed by atoms with van der Waals surface area (Å²) in [7, 11) is 3.55. The van der Waals surface area contributed by atoms with Crippen LogP contribution in [-0.2, 0) is 13.0 Å². The molecule has 0 saturated carbocycles. The molecule has 38 heavy (non-hydrogen) atoms. The molecule has 10 nitrogen and oxygen atoms in total. The van der Waals surface area contributed by atoms with E-state index in [4.69, 9.17) is 31.2 Å². The summed E-state index contributed by atoms with van der Waals surface area (Å²) >= 11 is 5.89. The Kier molecular flexibility index (Phi) is 8.78. The third-order valence-electron chi connectivity index (χ3n) is 5.56. The number of methoxy groups -OCH3 is 1. The van der Waals surface area contributed by atoms with Crippen LogP contribution in [0.2, 0.25) is 5.02 Å². The summed E-state index contributed by atoms with van der Waals surface area (Å²) < 4.78 is 11.4. The third-order valence-corrected chi connectivity index (χ3v) is 5.75. The van der Waals surface area contributed by atoms with E-state index in [0.717, 1.165) is 22.6 Å². The highest BCUT2D eigenvalue weighted by atomic mass is 35.5. The summed E-state index contributed by atoms with van der Waals surface area (Å²) in [6, 6.07) is 18.9. The average Bonchev–Trinajstić information content (AvgIpc) is 2.93. The monoisotopic (exact) mass is 534 g/mol. The van der Waals surface area contributed by atoms with Crippen molar-refractivity contribution >= 4 is 35.1 Å². The second-order valence-corrected chi connectivity index (χ2v) is 8.67. The maximum Gasteiger partial charge on any atom is 0.404 e. The van der Waals surface area contributed by atoms with Gasteiger partial charge in [-0.05, 0) is 60.0 Å². The highest BCUT2D eigenvalue weighted by Gasteiger charge is 2.12. The second-order valence-electron chi connectivity index (χ2n) is 8.24. The highest BCUT2D eigenvalue weighted by molar-refractivity contribution is 6.30. The lowest BCUT2D eigenvalue weighted by Crippen LogP contribution is -2.23. The van der Waals surface area contributed by atoms with E-state index in [9.17, 15) is 4.79 Å². The summed E-state index contributed by atoms with van der Waals surface area (Å²) in [5.74, 6) is 2.92. The number of aromatic nitrogens is 3. The van der Waals surface area contributed by atoms with Crippen LogP contribution in [0.4, 0.5) is 22.2 Å².